The van der Waals surface area contributed by atoms with E-state index in [4.69, 9.17) is 25.8 Å². The van der Waals surface area contributed by atoms with Gasteiger partial charge in [0.05, 0.1) is 29.8 Å². The molecular weight excluding hydrogens is 663 g/mol. The monoisotopic (exact) mass is 689 g/mol. The first-order chi connectivity index (χ1) is 23.4. The topological polar surface area (TPSA) is 117 Å². The summed E-state index contributed by atoms with van der Waals surface area (Å²) in [7, 11) is 0. The maximum absolute atomic E-state index is 16.0. The predicted octanol–water partition coefficient (Wildman–Crippen LogP) is 7.34. The lowest BCUT2D eigenvalue weighted by Gasteiger charge is -2.28. The molecule has 2 atom stereocenters. The van der Waals surface area contributed by atoms with Crippen molar-refractivity contribution in [2.75, 3.05) is 13.2 Å². The van der Waals surface area contributed by atoms with Gasteiger partial charge in [0.15, 0.2) is 23.1 Å². The average molecular weight is 690 g/mol. The summed E-state index contributed by atoms with van der Waals surface area (Å²) in [6.45, 7) is 6.39. The SMILES string of the molecule is CC1(C)COC[C@H]1n1c(Cc2cc(F)c(-c3cccc4c3O[C@@](C)(c3ccc(Cl)cn3)O4)cc2F)nc2c(F)cc(-c3noc(=O)[nH]3)cc21. The number of ether oxygens (including phenoxy) is 3. The highest BCUT2D eigenvalue weighted by atomic mass is 35.5. The number of aromatic nitrogens is 5. The number of halogens is 4. The number of nitrogens with zero attached hydrogens (tertiary/aromatic N) is 4. The molecule has 2 aliphatic heterocycles. The third kappa shape index (κ3) is 5.24. The number of hydrogen-bond acceptors (Lipinski definition) is 8. The molecule has 2 aliphatic rings. The summed E-state index contributed by atoms with van der Waals surface area (Å²) < 4.78 is 72.2. The van der Waals surface area contributed by atoms with Crippen LogP contribution in [0.5, 0.6) is 11.5 Å². The number of pyridine rings is 1. The summed E-state index contributed by atoms with van der Waals surface area (Å²) in [6.07, 6.45) is 1.31. The number of H-pyrrole nitrogens is 1. The molecule has 1 fully saturated rings. The Labute approximate surface area is 281 Å². The van der Waals surface area contributed by atoms with Crippen LogP contribution in [0.25, 0.3) is 33.5 Å². The van der Waals surface area contributed by atoms with Crippen molar-refractivity contribution in [3.63, 3.8) is 0 Å². The van der Waals surface area contributed by atoms with Gasteiger partial charge in [-0.05, 0) is 48.0 Å². The van der Waals surface area contributed by atoms with E-state index in [2.05, 4.69) is 24.6 Å². The summed E-state index contributed by atoms with van der Waals surface area (Å²) in [5, 5.41) is 4.13. The normalized spacial score (nSPS) is 19.6. The van der Waals surface area contributed by atoms with Crippen molar-refractivity contribution in [1.29, 1.82) is 0 Å². The summed E-state index contributed by atoms with van der Waals surface area (Å²) in [5.74, 6) is -3.29. The van der Waals surface area contributed by atoms with Crippen molar-refractivity contribution in [2.24, 2.45) is 5.41 Å². The Bertz CT molecular complexity index is 2340. The number of fused-ring (bicyclic) bond motifs is 2. The number of benzene rings is 3. The van der Waals surface area contributed by atoms with E-state index in [1.165, 1.54) is 12.3 Å². The highest BCUT2D eigenvalue weighted by Gasteiger charge is 2.42. The van der Waals surface area contributed by atoms with Gasteiger partial charge in [-0.3, -0.25) is 14.5 Å². The Morgan fingerprint density at radius 1 is 1.00 bits per heavy atom. The van der Waals surface area contributed by atoms with E-state index < -0.39 is 34.4 Å². The molecule has 0 radical (unpaired) electrons. The molecular formula is C35H27ClF3N5O5. The molecule has 0 saturated carbocycles. The first-order valence-electron chi connectivity index (χ1n) is 15.4. The molecule has 6 aromatic rings. The quantitative estimate of drug-likeness (QED) is 0.193. The van der Waals surface area contributed by atoms with Crippen LogP contribution in [-0.2, 0) is 16.9 Å². The standard InChI is InChI=1S/C35H27ClF3N5O5/c1-34(2)16-46-15-28(34)44-25-11-18(32-42-33(45)49-43-32)10-24(39)30(25)41-29(44)12-17-9-23(38)21(13-22(17)37)20-5-4-6-26-31(20)48-35(3,47-26)27-8-7-19(36)14-40-27/h4-11,13-14,28H,12,15-16H2,1-3H3,(H,42,43,45)/t28-,35+/m1/s1. The second-order valence-corrected chi connectivity index (χ2v) is 13.4. The van der Waals surface area contributed by atoms with E-state index in [0.29, 0.717) is 41.0 Å². The molecule has 10 nitrogen and oxygen atoms in total. The lowest BCUT2D eigenvalue weighted by molar-refractivity contribution is -0.0715. The van der Waals surface area contributed by atoms with Crippen LogP contribution >= 0.6 is 11.6 Å². The van der Waals surface area contributed by atoms with E-state index in [0.717, 1.165) is 12.1 Å². The highest BCUT2D eigenvalue weighted by Crippen LogP contribution is 2.49. The largest absolute Gasteiger partial charge is 0.443 e. The summed E-state index contributed by atoms with van der Waals surface area (Å²) in [5.41, 5.74) is 0.961. The van der Waals surface area contributed by atoms with Crippen LogP contribution in [0, 0.1) is 22.9 Å². The second kappa shape index (κ2) is 11.2. The summed E-state index contributed by atoms with van der Waals surface area (Å²) in [4.78, 5) is 22.9. The Hall–Kier alpha value is -5.14. The van der Waals surface area contributed by atoms with Crippen LogP contribution in [0.2, 0.25) is 5.02 Å². The van der Waals surface area contributed by atoms with Crippen molar-refractivity contribution in [1.82, 2.24) is 24.7 Å². The van der Waals surface area contributed by atoms with Crippen molar-refractivity contribution < 1.29 is 31.9 Å². The van der Waals surface area contributed by atoms with E-state index in [9.17, 15) is 4.79 Å². The van der Waals surface area contributed by atoms with Gasteiger partial charge in [0, 0.05) is 41.6 Å². The lowest BCUT2D eigenvalue weighted by Crippen LogP contribution is -2.32. The molecule has 1 N–H and O–H groups in total. The molecule has 0 amide bonds. The Morgan fingerprint density at radius 3 is 2.55 bits per heavy atom. The van der Waals surface area contributed by atoms with Crippen LogP contribution in [-0.4, -0.2) is 37.9 Å². The van der Waals surface area contributed by atoms with E-state index in [-0.39, 0.29) is 51.8 Å². The van der Waals surface area contributed by atoms with Gasteiger partial charge >= 0.3 is 5.76 Å². The van der Waals surface area contributed by atoms with Crippen LogP contribution < -0.4 is 15.2 Å². The fraction of sp³-hybridized carbons (Fsp3) is 0.257. The number of rotatable bonds is 6. The summed E-state index contributed by atoms with van der Waals surface area (Å²) in [6, 6.07) is 13.0. The Morgan fingerprint density at radius 2 is 1.84 bits per heavy atom. The molecule has 0 unspecified atom stereocenters. The predicted molar refractivity (Wildman–Crippen MR) is 172 cm³/mol. The Balaban J connectivity index is 1.19. The lowest BCUT2D eigenvalue weighted by atomic mass is 9.87. The smallest absolute Gasteiger partial charge is 0.439 e. The zero-order valence-corrected chi connectivity index (χ0v) is 27.1. The molecule has 3 aromatic heterocycles. The van der Waals surface area contributed by atoms with Crippen LogP contribution in [0.3, 0.4) is 0 Å². The molecule has 250 valence electrons. The minimum absolute atomic E-state index is 0.0101. The van der Waals surface area contributed by atoms with Gasteiger partial charge in [-0.15, -0.1) is 0 Å². The van der Waals surface area contributed by atoms with Gasteiger partial charge in [-0.1, -0.05) is 42.7 Å². The first kappa shape index (κ1) is 31.1. The molecule has 3 aromatic carbocycles. The van der Waals surface area contributed by atoms with Gasteiger partial charge in [0.2, 0.25) is 0 Å². The molecule has 5 heterocycles. The van der Waals surface area contributed by atoms with Crippen molar-refractivity contribution in [2.45, 2.75) is 39.0 Å². The molecule has 14 heteroatoms. The van der Waals surface area contributed by atoms with Gasteiger partial charge in [-0.2, -0.15) is 0 Å². The molecule has 1 saturated heterocycles. The maximum Gasteiger partial charge on any atom is 0.439 e. The van der Waals surface area contributed by atoms with E-state index in [1.54, 1.807) is 47.9 Å². The average Bonchev–Trinajstić information content (AvgIpc) is 3.82. The minimum atomic E-state index is -1.33. The first-order valence-corrected chi connectivity index (χ1v) is 15.7. The molecule has 8 rings (SSSR count). The van der Waals surface area contributed by atoms with Crippen LogP contribution in [0.4, 0.5) is 13.2 Å². The van der Waals surface area contributed by atoms with E-state index in [1.807, 2.05) is 13.8 Å². The fourth-order valence-electron chi connectivity index (χ4n) is 6.53. The highest BCUT2D eigenvalue weighted by molar-refractivity contribution is 6.30. The van der Waals surface area contributed by atoms with Crippen LogP contribution in [0.15, 0.2) is 70.1 Å². The number of hydrogen-bond donors (Lipinski definition) is 1. The van der Waals surface area contributed by atoms with Gasteiger partial charge in [-0.25, -0.2) is 22.9 Å². The number of nitrogens with one attached hydrogen (secondary N) is 1. The van der Waals surface area contributed by atoms with Crippen LogP contribution in [0.1, 0.15) is 43.9 Å². The zero-order chi connectivity index (χ0) is 34.2. The zero-order valence-electron chi connectivity index (χ0n) is 26.3. The number of imidazole rings is 1. The van der Waals surface area contributed by atoms with Gasteiger partial charge in [0.25, 0.3) is 5.79 Å². The molecule has 0 aliphatic carbocycles. The van der Waals surface area contributed by atoms with Gasteiger partial charge < -0.3 is 18.8 Å². The molecule has 49 heavy (non-hydrogen) atoms. The minimum Gasteiger partial charge on any atom is -0.443 e. The van der Waals surface area contributed by atoms with Gasteiger partial charge in [0.1, 0.15) is 28.7 Å². The number of aromatic amines is 1. The number of para-hydroxylation sites is 1. The third-order valence-electron chi connectivity index (χ3n) is 9.05. The summed E-state index contributed by atoms with van der Waals surface area (Å²) >= 11 is 6.00. The molecule has 0 bridgehead atoms. The maximum atomic E-state index is 16.0. The van der Waals surface area contributed by atoms with Crippen molar-refractivity contribution in [3.8, 4) is 34.0 Å². The Kier molecular flexibility index (Phi) is 7.12. The third-order valence-corrected chi connectivity index (χ3v) is 9.27. The van der Waals surface area contributed by atoms with Crippen molar-refractivity contribution >= 4 is 22.6 Å². The molecule has 0 spiro atoms. The van der Waals surface area contributed by atoms with Crippen molar-refractivity contribution in [3.05, 3.63) is 111 Å². The fourth-order valence-corrected chi connectivity index (χ4v) is 6.64. The second-order valence-electron chi connectivity index (χ2n) is 12.9. The van der Waals surface area contributed by atoms with E-state index >= 15 is 13.2 Å².